The summed E-state index contributed by atoms with van der Waals surface area (Å²) in [7, 11) is 0. The quantitative estimate of drug-likeness (QED) is 0.531. The second-order valence-electron chi connectivity index (χ2n) is 5.51. The third-order valence-electron chi connectivity index (χ3n) is 4.83. The Kier molecular flexibility index (Phi) is 5.90. The standard InChI is InChI=1S/C14H31N3/c1-5-12(4)13(16-15)14(10-8-9-11-14)17(6-2)7-3/h12-13,16H,5-11,15H2,1-4H3. The average molecular weight is 241 g/mol. The first kappa shape index (κ1) is 14.9. The van der Waals surface area contributed by atoms with Crippen LogP contribution in [0.1, 0.15) is 59.8 Å². The van der Waals surface area contributed by atoms with E-state index >= 15 is 0 Å². The molecule has 3 heteroatoms. The Morgan fingerprint density at radius 3 is 2.06 bits per heavy atom. The molecule has 1 aliphatic carbocycles. The molecule has 0 heterocycles. The second kappa shape index (κ2) is 6.72. The van der Waals surface area contributed by atoms with E-state index in [2.05, 4.69) is 38.0 Å². The van der Waals surface area contributed by atoms with Gasteiger partial charge in [0, 0.05) is 11.6 Å². The number of nitrogens with two attached hydrogens (primary N) is 1. The van der Waals surface area contributed by atoms with Crippen molar-refractivity contribution in [3.63, 3.8) is 0 Å². The molecule has 0 spiro atoms. The zero-order valence-corrected chi connectivity index (χ0v) is 12.1. The lowest BCUT2D eigenvalue weighted by Crippen LogP contribution is -2.63. The zero-order chi connectivity index (χ0) is 12.9. The van der Waals surface area contributed by atoms with Crippen LogP contribution in [0, 0.1) is 5.92 Å². The normalized spacial score (nSPS) is 22.9. The number of hydrogen-bond acceptors (Lipinski definition) is 3. The fraction of sp³-hybridized carbons (Fsp3) is 1.00. The van der Waals surface area contributed by atoms with Crippen LogP contribution < -0.4 is 11.3 Å². The molecule has 3 nitrogen and oxygen atoms in total. The maximum atomic E-state index is 5.88. The van der Waals surface area contributed by atoms with Crippen molar-refractivity contribution in [1.29, 1.82) is 0 Å². The number of likely N-dealkylation sites (N-methyl/N-ethyl adjacent to an activating group) is 1. The molecule has 1 saturated carbocycles. The fourth-order valence-electron chi connectivity index (χ4n) is 3.75. The van der Waals surface area contributed by atoms with E-state index in [1.54, 1.807) is 0 Å². The van der Waals surface area contributed by atoms with Crippen LogP contribution in [0.25, 0.3) is 0 Å². The van der Waals surface area contributed by atoms with Crippen molar-refractivity contribution < 1.29 is 0 Å². The maximum absolute atomic E-state index is 5.88. The van der Waals surface area contributed by atoms with Gasteiger partial charge in [-0.25, -0.2) is 0 Å². The van der Waals surface area contributed by atoms with E-state index in [0.29, 0.717) is 17.5 Å². The van der Waals surface area contributed by atoms with Gasteiger partial charge < -0.3 is 0 Å². The van der Waals surface area contributed by atoms with E-state index in [-0.39, 0.29) is 0 Å². The highest BCUT2D eigenvalue weighted by Crippen LogP contribution is 2.40. The number of hydrazine groups is 1. The third-order valence-corrected chi connectivity index (χ3v) is 4.83. The molecule has 2 atom stereocenters. The van der Waals surface area contributed by atoms with E-state index in [1.807, 2.05) is 0 Å². The molecule has 0 saturated heterocycles. The minimum absolute atomic E-state index is 0.299. The van der Waals surface area contributed by atoms with Crippen molar-refractivity contribution in [1.82, 2.24) is 10.3 Å². The molecule has 2 unspecified atom stereocenters. The van der Waals surface area contributed by atoms with Gasteiger partial charge in [0.2, 0.25) is 0 Å². The van der Waals surface area contributed by atoms with Gasteiger partial charge in [0.15, 0.2) is 0 Å². The van der Waals surface area contributed by atoms with Gasteiger partial charge in [-0.15, -0.1) is 0 Å². The Balaban J connectivity index is 2.95. The molecule has 0 aromatic heterocycles. The van der Waals surface area contributed by atoms with Crippen molar-refractivity contribution in [2.75, 3.05) is 13.1 Å². The summed E-state index contributed by atoms with van der Waals surface area (Å²) >= 11 is 0. The molecule has 0 bridgehead atoms. The summed E-state index contributed by atoms with van der Waals surface area (Å²) < 4.78 is 0. The molecule has 0 aromatic rings. The molecule has 0 radical (unpaired) electrons. The highest BCUT2D eigenvalue weighted by Gasteiger charge is 2.46. The van der Waals surface area contributed by atoms with Crippen LogP contribution in [-0.4, -0.2) is 29.6 Å². The molecule has 0 aliphatic heterocycles. The summed E-state index contributed by atoms with van der Waals surface area (Å²) in [5.74, 6) is 6.52. The van der Waals surface area contributed by atoms with E-state index in [0.717, 1.165) is 13.1 Å². The number of rotatable bonds is 7. The summed E-state index contributed by atoms with van der Waals surface area (Å²) in [5, 5.41) is 0. The zero-order valence-electron chi connectivity index (χ0n) is 12.1. The number of hydrogen-bond donors (Lipinski definition) is 2. The van der Waals surface area contributed by atoms with Gasteiger partial charge in [-0.1, -0.05) is 47.0 Å². The molecular weight excluding hydrogens is 210 g/mol. The minimum Gasteiger partial charge on any atom is -0.297 e. The first-order valence-corrected chi connectivity index (χ1v) is 7.37. The average Bonchev–Trinajstić information content (AvgIpc) is 2.81. The van der Waals surface area contributed by atoms with Crippen LogP contribution in [0.4, 0.5) is 0 Å². The summed E-state index contributed by atoms with van der Waals surface area (Å²) in [6, 6.07) is 0.426. The maximum Gasteiger partial charge on any atom is 0.0420 e. The van der Waals surface area contributed by atoms with Crippen molar-refractivity contribution in [3.05, 3.63) is 0 Å². The molecular formula is C14H31N3. The Morgan fingerprint density at radius 1 is 1.18 bits per heavy atom. The third kappa shape index (κ3) is 2.83. The lowest BCUT2D eigenvalue weighted by atomic mass is 9.78. The number of nitrogens with zero attached hydrogens (tertiary/aromatic N) is 1. The van der Waals surface area contributed by atoms with Gasteiger partial charge in [-0.05, 0) is 31.8 Å². The van der Waals surface area contributed by atoms with Crippen LogP contribution >= 0.6 is 0 Å². The van der Waals surface area contributed by atoms with E-state index < -0.39 is 0 Å². The molecule has 1 rings (SSSR count). The lowest BCUT2D eigenvalue weighted by Gasteiger charge is -2.48. The lowest BCUT2D eigenvalue weighted by molar-refractivity contribution is 0.0412. The van der Waals surface area contributed by atoms with Gasteiger partial charge >= 0.3 is 0 Å². The van der Waals surface area contributed by atoms with Gasteiger partial charge in [-0.2, -0.15) is 0 Å². The smallest absolute Gasteiger partial charge is 0.0420 e. The highest BCUT2D eigenvalue weighted by molar-refractivity contribution is 5.04. The van der Waals surface area contributed by atoms with Crippen molar-refractivity contribution in [2.45, 2.75) is 71.4 Å². The van der Waals surface area contributed by atoms with E-state index in [9.17, 15) is 0 Å². The van der Waals surface area contributed by atoms with Crippen LogP contribution in [0.3, 0.4) is 0 Å². The minimum atomic E-state index is 0.299. The van der Waals surface area contributed by atoms with Crippen molar-refractivity contribution in [3.8, 4) is 0 Å². The van der Waals surface area contributed by atoms with E-state index in [1.165, 1.54) is 32.1 Å². The summed E-state index contributed by atoms with van der Waals surface area (Å²) in [4.78, 5) is 2.64. The Labute approximate surface area is 107 Å². The Hall–Kier alpha value is -0.120. The molecule has 1 aliphatic rings. The van der Waals surface area contributed by atoms with Crippen LogP contribution in [0.15, 0.2) is 0 Å². The first-order chi connectivity index (χ1) is 8.16. The molecule has 102 valence electrons. The van der Waals surface area contributed by atoms with Crippen molar-refractivity contribution in [2.24, 2.45) is 11.8 Å². The summed E-state index contributed by atoms with van der Waals surface area (Å²) in [5.41, 5.74) is 3.44. The van der Waals surface area contributed by atoms with Gasteiger partial charge in [0.1, 0.15) is 0 Å². The Morgan fingerprint density at radius 2 is 1.71 bits per heavy atom. The van der Waals surface area contributed by atoms with Crippen LogP contribution in [0.5, 0.6) is 0 Å². The molecule has 3 N–H and O–H groups in total. The van der Waals surface area contributed by atoms with Crippen molar-refractivity contribution >= 4 is 0 Å². The van der Waals surface area contributed by atoms with Gasteiger partial charge in [-0.3, -0.25) is 16.2 Å². The predicted molar refractivity (Wildman–Crippen MR) is 74.7 cm³/mol. The SMILES string of the molecule is CCC(C)C(NN)C1(N(CC)CC)CCCC1. The summed E-state index contributed by atoms with van der Waals surface area (Å²) in [6.07, 6.45) is 6.50. The van der Waals surface area contributed by atoms with Gasteiger partial charge in [0.05, 0.1) is 0 Å². The predicted octanol–water partition coefficient (Wildman–Crippen LogP) is 2.52. The molecule has 0 aromatic carbocycles. The number of nitrogens with one attached hydrogen (secondary N) is 1. The second-order valence-corrected chi connectivity index (χ2v) is 5.51. The highest BCUT2D eigenvalue weighted by atomic mass is 15.3. The molecule has 1 fully saturated rings. The van der Waals surface area contributed by atoms with E-state index in [4.69, 9.17) is 5.84 Å². The topological polar surface area (TPSA) is 41.3 Å². The fourth-order valence-corrected chi connectivity index (χ4v) is 3.75. The monoisotopic (exact) mass is 241 g/mol. The molecule has 17 heavy (non-hydrogen) atoms. The summed E-state index contributed by atoms with van der Waals surface area (Å²) in [6.45, 7) is 11.4. The largest absolute Gasteiger partial charge is 0.297 e. The van der Waals surface area contributed by atoms with Crippen LogP contribution in [-0.2, 0) is 0 Å². The van der Waals surface area contributed by atoms with Crippen LogP contribution in [0.2, 0.25) is 0 Å². The van der Waals surface area contributed by atoms with Gasteiger partial charge in [0.25, 0.3) is 0 Å². The molecule has 0 amide bonds. The first-order valence-electron chi connectivity index (χ1n) is 7.37. The Bertz CT molecular complexity index is 208.